The molecule has 0 atom stereocenters. The molecule has 0 aromatic heterocycles. The Morgan fingerprint density at radius 1 is 0.931 bits per heavy atom. The SMILES string of the molecule is CCCCCC=Cc1ccc(-c2ccc(C3CCC(F)(F)CC3)cc2)c(F)c1F. The second-order valence-electron chi connectivity index (χ2n) is 7.98. The van der Waals surface area contributed by atoms with Gasteiger partial charge in [-0.05, 0) is 42.7 Å². The van der Waals surface area contributed by atoms with Gasteiger partial charge in [0.1, 0.15) is 0 Å². The fraction of sp³-hybridized carbons (Fsp3) is 0.440. The van der Waals surface area contributed by atoms with E-state index in [2.05, 4.69) is 6.92 Å². The fourth-order valence-corrected chi connectivity index (χ4v) is 3.95. The highest BCUT2D eigenvalue weighted by Gasteiger charge is 2.35. The van der Waals surface area contributed by atoms with Crippen molar-refractivity contribution in [3.8, 4) is 11.1 Å². The maximum Gasteiger partial charge on any atom is 0.248 e. The maximum atomic E-state index is 14.6. The monoisotopic (exact) mass is 404 g/mol. The number of alkyl halides is 2. The van der Waals surface area contributed by atoms with Crippen molar-refractivity contribution in [1.29, 1.82) is 0 Å². The minimum absolute atomic E-state index is 0.0906. The Kier molecular flexibility index (Phi) is 7.15. The predicted octanol–water partition coefficient (Wildman–Crippen LogP) is 8.52. The minimum Gasteiger partial charge on any atom is -0.207 e. The topological polar surface area (TPSA) is 0 Å². The Morgan fingerprint density at radius 2 is 1.62 bits per heavy atom. The lowest BCUT2D eigenvalue weighted by Crippen LogP contribution is -2.23. The quantitative estimate of drug-likeness (QED) is 0.320. The standard InChI is InChI=1S/C25H28F4/c1-2-3-4-5-6-7-21-12-13-22(24(27)23(21)26)20-10-8-18(9-11-20)19-14-16-25(28,29)17-15-19/h6-13,19H,2-5,14-17H2,1H3. The lowest BCUT2D eigenvalue weighted by atomic mass is 9.82. The first-order chi connectivity index (χ1) is 13.9. The van der Waals surface area contributed by atoms with Gasteiger partial charge in [0.25, 0.3) is 0 Å². The average molecular weight is 404 g/mol. The molecule has 1 fully saturated rings. The maximum absolute atomic E-state index is 14.6. The Balaban J connectivity index is 1.71. The van der Waals surface area contributed by atoms with Gasteiger partial charge in [0.15, 0.2) is 11.6 Å². The van der Waals surface area contributed by atoms with Gasteiger partial charge in [0.2, 0.25) is 5.92 Å². The number of hydrogen-bond acceptors (Lipinski definition) is 0. The van der Waals surface area contributed by atoms with E-state index in [0.717, 1.165) is 31.2 Å². The molecule has 0 aliphatic heterocycles. The predicted molar refractivity (Wildman–Crippen MR) is 111 cm³/mol. The summed E-state index contributed by atoms with van der Waals surface area (Å²) in [6, 6.07) is 10.4. The molecule has 0 amide bonds. The molecule has 0 N–H and O–H groups in total. The summed E-state index contributed by atoms with van der Waals surface area (Å²) in [7, 11) is 0. The van der Waals surface area contributed by atoms with Crippen molar-refractivity contribution in [3.63, 3.8) is 0 Å². The van der Waals surface area contributed by atoms with Crippen LogP contribution in [0.5, 0.6) is 0 Å². The van der Waals surface area contributed by atoms with Crippen molar-refractivity contribution in [3.05, 3.63) is 65.2 Å². The molecule has 0 saturated heterocycles. The molecule has 3 rings (SSSR count). The molecule has 1 saturated carbocycles. The number of benzene rings is 2. The van der Waals surface area contributed by atoms with E-state index >= 15 is 0 Å². The van der Waals surface area contributed by atoms with Crippen LogP contribution in [0.15, 0.2) is 42.5 Å². The summed E-state index contributed by atoms with van der Waals surface area (Å²) in [5.74, 6) is -4.15. The van der Waals surface area contributed by atoms with Gasteiger partial charge in [0.05, 0.1) is 0 Å². The zero-order valence-corrected chi connectivity index (χ0v) is 16.9. The average Bonchev–Trinajstić information content (AvgIpc) is 2.71. The lowest BCUT2D eigenvalue weighted by Gasteiger charge is -2.28. The molecule has 4 heteroatoms. The number of halogens is 4. The molecule has 0 radical (unpaired) electrons. The van der Waals surface area contributed by atoms with E-state index in [1.165, 1.54) is 0 Å². The van der Waals surface area contributed by atoms with Crippen LogP contribution >= 0.6 is 0 Å². The van der Waals surface area contributed by atoms with Crippen molar-refractivity contribution in [2.75, 3.05) is 0 Å². The Morgan fingerprint density at radius 3 is 2.28 bits per heavy atom. The molecular formula is C25H28F4. The van der Waals surface area contributed by atoms with Crippen molar-refractivity contribution < 1.29 is 17.6 Å². The summed E-state index contributed by atoms with van der Waals surface area (Å²) in [6.45, 7) is 2.12. The highest BCUT2D eigenvalue weighted by molar-refractivity contribution is 5.67. The van der Waals surface area contributed by atoms with E-state index in [9.17, 15) is 17.6 Å². The van der Waals surface area contributed by atoms with Crippen LogP contribution in [0.4, 0.5) is 17.6 Å². The first-order valence-corrected chi connectivity index (χ1v) is 10.5. The van der Waals surface area contributed by atoms with Crippen molar-refractivity contribution in [2.45, 2.75) is 70.1 Å². The van der Waals surface area contributed by atoms with Gasteiger partial charge < -0.3 is 0 Å². The Bertz CT molecular complexity index is 827. The normalized spacial score (nSPS) is 17.1. The van der Waals surface area contributed by atoms with Gasteiger partial charge in [-0.25, -0.2) is 17.6 Å². The van der Waals surface area contributed by atoms with Crippen molar-refractivity contribution >= 4 is 6.08 Å². The summed E-state index contributed by atoms with van der Waals surface area (Å²) in [4.78, 5) is 0. The van der Waals surface area contributed by atoms with Crippen LogP contribution in [0, 0.1) is 11.6 Å². The van der Waals surface area contributed by atoms with Crippen LogP contribution in [-0.4, -0.2) is 5.92 Å². The number of unbranched alkanes of at least 4 members (excludes halogenated alkanes) is 3. The third-order valence-electron chi connectivity index (χ3n) is 5.79. The van der Waals surface area contributed by atoms with E-state index in [-0.39, 0.29) is 29.9 Å². The molecule has 29 heavy (non-hydrogen) atoms. The molecule has 0 unspecified atom stereocenters. The van der Waals surface area contributed by atoms with Crippen molar-refractivity contribution in [1.82, 2.24) is 0 Å². The number of allylic oxidation sites excluding steroid dienone is 1. The first-order valence-electron chi connectivity index (χ1n) is 10.5. The zero-order valence-electron chi connectivity index (χ0n) is 16.9. The van der Waals surface area contributed by atoms with Gasteiger partial charge in [-0.1, -0.05) is 68.3 Å². The van der Waals surface area contributed by atoms with Crippen LogP contribution in [0.1, 0.15) is 75.3 Å². The second kappa shape index (κ2) is 9.60. The number of rotatable bonds is 7. The summed E-state index contributed by atoms with van der Waals surface area (Å²) < 4.78 is 55.8. The van der Waals surface area contributed by atoms with Gasteiger partial charge in [-0.15, -0.1) is 0 Å². The molecule has 0 bridgehead atoms. The molecule has 1 aliphatic rings. The van der Waals surface area contributed by atoms with Gasteiger partial charge in [0, 0.05) is 24.0 Å². The molecule has 0 nitrogen and oxygen atoms in total. The summed E-state index contributed by atoms with van der Waals surface area (Å²) >= 11 is 0. The molecule has 2 aromatic rings. The van der Waals surface area contributed by atoms with E-state index in [1.54, 1.807) is 30.3 Å². The molecule has 0 spiro atoms. The molecule has 0 heterocycles. The van der Waals surface area contributed by atoms with E-state index in [4.69, 9.17) is 0 Å². The molecular weight excluding hydrogens is 376 g/mol. The molecule has 156 valence electrons. The second-order valence-corrected chi connectivity index (χ2v) is 7.98. The van der Waals surface area contributed by atoms with Gasteiger partial charge in [-0.3, -0.25) is 0 Å². The summed E-state index contributed by atoms with van der Waals surface area (Å²) in [5.41, 5.74) is 2.04. The fourth-order valence-electron chi connectivity index (χ4n) is 3.95. The third kappa shape index (κ3) is 5.49. The van der Waals surface area contributed by atoms with Gasteiger partial charge in [-0.2, -0.15) is 0 Å². The Hall–Kier alpha value is -2.10. The van der Waals surface area contributed by atoms with Crippen molar-refractivity contribution in [2.24, 2.45) is 0 Å². The summed E-state index contributed by atoms with van der Waals surface area (Å²) in [5, 5.41) is 0. The highest BCUT2D eigenvalue weighted by atomic mass is 19.3. The zero-order chi connectivity index (χ0) is 20.9. The lowest BCUT2D eigenvalue weighted by molar-refractivity contribution is -0.0382. The highest BCUT2D eigenvalue weighted by Crippen LogP contribution is 2.41. The Labute approximate surface area is 170 Å². The summed E-state index contributed by atoms with van der Waals surface area (Å²) in [6.07, 6.45) is 8.39. The van der Waals surface area contributed by atoms with E-state index < -0.39 is 17.6 Å². The van der Waals surface area contributed by atoms with Crippen LogP contribution in [-0.2, 0) is 0 Å². The van der Waals surface area contributed by atoms with Crippen LogP contribution in [0.2, 0.25) is 0 Å². The van der Waals surface area contributed by atoms with E-state index in [1.807, 2.05) is 18.2 Å². The minimum atomic E-state index is -2.55. The molecule has 2 aromatic carbocycles. The van der Waals surface area contributed by atoms with Gasteiger partial charge >= 0.3 is 0 Å². The number of hydrogen-bond donors (Lipinski definition) is 0. The van der Waals surface area contributed by atoms with Crippen LogP contribution in [0.25, 0.3) is 17.2 Å². The first kappa shape index (κ1) is 21.6. The van der Waals surface area contributed by atoms with Crippen LogP contribution in [0.3, 0.4) is 0 Å². The smallest absolute Gasteiger partial charge is 0.207 e. The largest absolute Gasteiger partial charge is 0.248 e. The molecule has 1 aliphatic carbocycles. The van der Waals surface area contributed by atoms with Crippen LogP contribution < -0.4 is 0 Å². The third-order valence-corrected chi connectivity index (χ3v) is 5.79. The van der Waals surface area contributed by atoms with E-state index in [0.29, 0.717) is 18.4 Å².